The minimum absolute atomic E-state index is 0.0557. The van der Waals surface area contributed by atoms with Crippen molar-refractivity contribution in [3.8, 4) is 11.5 Å². The lowest BCUT2D eigenvalue weighted by atomic mass is 9.97. The van der Waals surface area contributed by atoms with Crippen molar-refractivity contribution in [1.29, 1.82) is 0 Å². The quantitative estimate of drug-likeness (QED) is 0.620. The third kappa shape index (κ3) is 6.09. The topological polar surface area (TPSA) is 61.6 Å². The Kier molecular flexibility index (Phi) is 7.64. The van der Waals surface area contributed by atoms with E-state index in [4.69, 9.17) is 21.0 Å². The number of likely N-dealkylation sites (tertiary alicyclic amines) is 2. The van der Waals surface area contributed by atoms with E-state index in [2.05, 4.69) is 15.1 Å². The Hall–Kier alpha value is -1.89. The Labute approximate surface area is 189 Å². The largest absolute Gasteiger partial charge is 0.441 e. The fourth-order valence-corrected chi connectivity index (χ4v) is 4.80. The predicted octanol–water partition coefficient (Wildman–Crippen LogP) is 4.12. The summed E-state index contributed by atoms with van der Waals surface area (Å²) in [6.45, 7) is 8.71. The van der Waals surface area contributed by atoms with Crippen molar-refractivity contribution < 1.29 is 9.21 Å². The van der Waals surface area contributed by atoms with Crippen molar-refractivity contribution in [2.45, 2.75) is 45.6 Å². The number of oxazole rings is 1. The van der Waals surface area contributed by atoms with E-state index in [0.29, 0.717) is 17.5 Å². The van der Waals surface area contributed by atoms with E-state index in [1.54, 1.807) is 0 Å². The number of hydrogen-bond donors (Lipinski definition) is 1. The first-order valence-corrected chi connectivity index (χ1v) is 11.9. The minimum atomic E-state index is 0.0557. The van der Waals surface area contributed by atoms with Crippen LogP contribution in [-0.4, -0.2) is 60.0 Å². The first-order chi connectivity index (χ1) is 15.1. The molecule has 1 aromatic heterocycles. The summed E-state index contributed by atoms with van der Waals surface area (Å²) in [5.41, 5.74) is 1.81. The molecule has 4 rings (SSSR count). The number of carbonyl (C=O) groups excluding carboxylic acids is 1. The molecule has 2 fully saturated rings. The first-order valence-electron chi connectivity index (χ1n) is 11.5. The van der Waals surface area contributed by atoms with Crippen LogP contribution in [0.2, 0.25) is 5.02 Å². The van der Waals surface area contributed by atoms with Crippen molar-refractivity contribution >= 4 is 17.5 Å². The van der Waals surface area contributed by atoms with Gasteiger partial charge in [-0.3, -0.25) is 9.69 Å². The zero-order chi connectivity index (χ0) is 21.6. The summed E-state index contributed by atoms with van der Waals surface area (Å²) in [6.07, 6.45) is 5.65. The van der Waals surface area contributed by atoms with E-state index < -0.39 is 0 Å². The van der Waals surface area contributed by atoms with Crippen LogP contribution in [0.3, 0.4) is 0 Å². The minimum Gasteiger partial charge on any atom is -0.441 e. The highest BCUT2D eigenvalue weighted by Crippen LogP contribution is 2.26. The number of nitrogens with one attached hydrogen (secondary N) is 1. The number of amides is 1. The van der Waals surface area contributed by atoms with Gasteiger partial charge in [-0.05, 0) is 83.4 Å². The summed E-state index contributed by atoms with van der Waals surface area (Å²) < 4.78 is 5.90. The maximum atomic E-state index is 12.7. The number of piperidine rings is 1. The summed E-state index contributed by atoms with van der Waals surface area (Å²) in [5, 5.41) is 3.83. The highest BCUT2D eigenvalue weighted by Gasteiger charge is 2.27. The SMILES string of the molecule is Cc1oc(-c2cccc(Cl)c2)nc1CN1CCCC(C(=O)NCCCN2CCCC2)C1. The molecule has 0 saturated carbocycles. The number of aryl methyl sites for hydroxylation is 1. The maximum Gasteiger partial charge on any atom is 0.226 e. The fourth-order valence-electron chi connectivity index (χ4n) is 4.61. The monoisotopic (exact) mass is 444 g/mol. The number of benzene rings is 1. The molecule has 7 heteroatoms. The molecule has 2 aliphatic rings. The number of carbonyl (C=O) groups is 1. The molecule has 2 aliphatic heterocycles. The molecule has 1 unspecified atom stereocenters. The van der Waals surface area contributed by atoms with E-state index >= 15 is 0 Å². The second-order valence-electron chi connectivity index (χ2n) is 8.80. The van der Waals surface area contributed by atoms with Gasteiger partial charge in [0.15, 0.2) is 0 Å². The number of halogens is 1. The molecule has 3 heterocycles. The molecule has 1 atom stereocenters. The lowest BCUT2D eigenvalue weighted by Gasteiger charge is -2.31. The number of rotatable bonds is 8. The van der Waals surface area contributed by atoms with Gasteiger partial charge in [-0.15, -0.1) is 0 Å². The number of hydrogen-bond acceptors (Lipinski definition) is 5. The molecule has 0 bridgehead atoms. The van der Waals surface area contributed by atoms with E-state index in [9.17, 15) is 4.79 Å². The number of nitrogens with zero attached hydrogens (tertiary/aromatic N) is 3. The molecular weight excluding hydrogens is 412 g/mol. The van der Waals surface area contributed by atoms with E-state index in [0.717, 1.165) is 62.5 Å². The first kappa shape index (κ1) is 22.3. The molecule has 168 valence electrons. The van der Waals surface area contributed by atoms with Crippen molar-refractivity contribution in [3.05, 3.63) is 40.7 Å². The fraction of sp³-hybridized carbons (Fsp3) is 0.583. The summed E-state index contributed by atoms with van der Waals surface area (Å²) in [4.78, 5) is 22.2. The van der Waals surface area contributed by atoms with Crippen molar-refractivity contribution in [2.75, 3.05) is 39.3 Å². The third-order valence-electron chi connectivity index (χ3n) is 6.36. The van der Waals surface area contributed by atoms with E-state index in [-0.39, 0.29) is 11.8 Å². The Morgan fingerprint density at radius 2 is 2.03 bits per heavy atom. The van der Waals surface area contributed by atoms with Gasteiger partial charge in [0.2, 0.25) is 11.8 Å². The normalized spacial score (nSPS) is 20.3. The van der Waals surface area contributed by atoms with Crippen LogP contribution < -0.4 is 5.32 Å². The molecule has 2 saturated heterocycles. The molecular formula is C24H33ClN4O2. The zero-order valence-electron chi connectivity index (χ0n) is 18.4. The van der Waals surface area contributed by atoms with Gasteiger partial charge < -0.3 is 14.6 Å². The third-order valence-corrected chi connectivity index (χ3v) is 6.60. The van der Waals surface area contributed by atoms with Gasteiger partial charge in [-0.1, -0.05) is 17.7 Å². The molecule has 1 N–H and O–H groups in total. The van der Waals surface area contributed by atoms with Crippen LogP contribution in [0.5, 0.6) is 0 Å². The molecule has 1 amide bonds. The zero-order valence-corrected chi connectivity index (χ0v) is 19.2. The Morgan fingerprint density at radius 3 is 2.84 bits per heavy atom. The van der Waals surface area contributed by atoms with Crippen LogP contribution >= 0.6 is 11.6 Å². The molecule has 1 aromatic carbocycles. The molecule has 0 aliphatic carbocycles. The van der Waals surface area contributed by atoms with Gasteiger partial charge in [-0.2, -0.15) is 0 Å². The second kappa shape index (κ2) is 10.6. The maximum absolute atomic E-state index is 12.7. The van der Waals surface area contributed by atoms with Crippen LogP contribution in [0.1, 0.15) is 43.6 Å². The second-order valence-corrected chi connectivity index (χ2v) is 9.24. The summed E-state index contributed by atoms with van der Waals surface area (Å²) >= 11 is 6.10. The highest BCUT2D eigenvalue weighted by atomic mass is 35.5. The van der Waals surface area contributed by atoms with Crippen LogP contribution in [0.25, 0.3) is 11.5 Å². The average Bonchev–Trinajstić information content (AvgIpc) is 3.41. The smallest absolute Gasteiger partial charge is 0.226 e. The van der Waals surface area contributed by atoms with Gasteiger partial charge in [0.05, 0.1) is 11.6 Å². The average molecular weight is 445 g/mol. The van der Waals surface area contributed by atoms with Gasteiger partial charge in [0.1, 0.15) is 5.76 Å². The predicted molar refractivity (Wildman–Crippen MR) is 123 cm³/mol. The summed E-state index contributed by atoms with van der Waals surface area (Å²) in [5.74, 6) is 1.67. The molecule has 6 nitrogen and oxygen atoms in total. The van der Waals surface area contributed by atoms with Gasteiger partial charge in [0.25, 0.3) is 0 Å². The van der Waals surface area contributed by atoms with Crippen molar-refractivity contribution in [3.63, 3.8) is 0 Å². The van der Waals surface area contributed by atoms with Gasteiger partial charge in [-0.25, -0.2) is 4.98 Å². The Morgan fingerprint density at radius 1 is 1.23 bits per heavy atom. The highest BCUT2D eigenvalue weighted by molar-refractivity contribution is 6.30. The molecule has 0 radical (unpaired) electrons. The van der Waals surface area contributed by atoms with Crippen molar-refractivity contribution in [2.24, 2.45) is 5.92 Å². The standard InChI is InChI=1S/C24H33ClN4O2/c1-18-22(27-24(31-18)19-7-4-9-21(25)15-19)17-29-13-5-8-20(16-29)23(30)26-10-6-14-28-11-2-3-12-28/h4,7,9,15,20H,2-3,5-6,8,10-14,16-17H2,1H3,(H,26,30). The summed E-state index contributed by atoms with van der Waals surface area (Å²) in [6, 6.07) is 7.55. The van der Waals surface area contributed by atoms with E-state index in [1.807, 2.05) is 31.2 Å². The van der Waals surface area contributed by atoms with E-state index in [1.165, 1.54) is 25.9 Å². The van der Waals surface area contributed by atoms with Crippen LogP contribution in [-0.2, 0) is 11.3 Å². The van der Waals surface area contributed by atoms with Crippen LogP contribution in [0, 0.1) is 12.8 Å². The van der Waals surface area contributed by atoms with Crippen LogP contribution in [0.15, 0.2) is 28.7 Å². The Bertz CT molecular complexity index is 878. The van der Waals surface area contributed by atoms with Crippen LogP contribution in [0.4, 0.5) is 0 Å². The van der Waals surface area contributed by atoms with Gasteiger partial charge >= 0.3 is 0 Å². The molecule has 0 spiro atoms. The van der Waals surface area contributed by atoms with Gasteiger partial charge in [0, 0.05) is 30.2 Å². The molecule has 2 aromatic rings. The number of aromatic nitrogens is 1. The molecule has 31 heavy (non-hydrogen) atoms. The lowest BCUT2D eigenvalue weighted by molar-refractivity contribution is -0.126. The lowest BCUT2D eigenvalue weighted by Crippen LogP contribution is -2.43. The van der Waals surface area contributed by atoms with Crippen molar-refractivity contribution in [1.82, 2.24) is 20.1 Å². The summed E-state index contributed by atoms with van der Waals surface area (Å²) in [7, 11) is 0. The Balaban J connectivity index is 1.27.